The fourth-order valence-electron chi connectivity index (χ4n) is 4.24. The van der Waals surface area contributed by atoms with Crippen LogP contribution in [0.1, 0.15) is 17.2 Å². The minimum atomic E-state index is -0.524. The Balaban J connectivity index is 1.17. The molecule has 5 rings (SSSR count). The number of tetrazole rings is 1. The minimum absolute atomic E-state index is 0.0137. The number of rotatable bonds is 4. The second kappa shape index (κ2) is 9.01. The highest BCUT2D eigenvalue weighted by Gasteiger charge is 2.35. The van der Waals surface area contributed by atoms with Gasteiger partial charge in [-0.3, -0.25) is 9.69 Å². The Hall–Kier alpha value is -3.75. The first-order valence-electron chi connectivity index (χ1n) is 10.6. The normalized spacial score (nSPS) is 20.8. The third-order valence-corrected chi connectivity index (χ3v) is 6.06. The van der Waals surface area contributed by atoms with E-state index in [1.807, 2.05) is 11.0 Å². The number of ether oxygens (including phenoxy) is 1. The van der Waals surface area contributed by atoms with Gasteiger partial charge in [0.2, 0.25) is 11.6 Å². The lowest BCUT2D eigenvalue weighted by Crippen LogP contribution is -2.59. The van der Waals surface area contributed by atoms with Crippen LogP contribution in [-0.2, 0) is 16.0 Å². The zero-order valence-corrected chi connectivity index (χ0v) is 17.7. The molecule has 0 aliphatic carbocycles. The molecule has 2 atom stereocenters. The number of hydrogen-bond acceptors (Lipinski definition) is 7. The minimum Gasteiger partial charge on any atom is -0.370 e. The third kappa shape index (κ3) is 4.44. The molecule has 0 N–H and O–H groups in total. The summed E-state index contributed by atoms with van der Waals surface area (Å²) in [6.45, 7) is 10.0. The van der Waals surface area contributed by atoms with Crippen LogP contribution < -0.4 is 0 Å². The van der Waals surface area contributed by atoms with Crippen LogP contribution in [0.25, 0.3) is 10.7 Å². The molecule has 1 aromatic carbocycles. The van der Waals surface area contributed by atoms with Gasteiger partial charge in [-0.25, -0.2) is 14.2 Å². The summed E-state index contributed by atoms with van der Waals surface area (Å²) in [5, 5.41) is 11.0. The Morgan fingerprint density at radius 3 is 2.88 bits per heavy atom. The van der Waals surface area contributed by atoms with Crippen molar-refractivity contribution in [3.63, 3.8) is 0 Å². The van der Waals surface area contributed by atoms with Crippen molar-refractivity contribution in [2.24, 2.45) is 0 Å². The number of hydrogen-bond donors (Lipinski definition) is 0. The molecule has 11 heteroatoms. The van der Waals surface area contributed by atoms with Gasteiger partial charge in [0.05, 0.1) is 31.7 Å². The van der Waals surface area contributed by atoms with E-state index in [1.165, 1.54) is 23.1 Å². The lowest BCUT2D eigenvalue weighted by atomic mass is 10.0. The van der Waals surface area contributed by atoms with E-state index >= 15 is 0 Å². The summed E-state index contributed by atoms with van der Waals surface area (Å²) < 4.78 is 21.5. The smallest absolute Gasteiger partial charge is 0.227 e. The second-order valence-electron chi connectivity index (χ2n) is 8.09. The summed E-state index contributed by atoms with van der Waals surface area (Å²) in [5.74, 6) is 0.108. The van der Waals surface area contributed by atoms with Crippen LogP contribution in [0, 0.1) is 12.4 Å². The number of aromatic nitrogens is 5. The van der Waals surface area contributed by atoms with Crippen LogP contribution in [-0.4, -0.2) is 79.7 Å². The molecule has 0 saturated carbocycles. The fraction of sp³-hybridized carbons (Fsp3) is 0.364. The maximum atomic E-state index is 14.0. The van der Waals surface area contributed by atoms with Gasteiger partial charge in [-0.2, -0.15) is 4.68 Å². The number of piperazine rings is 1. The van der Waals surface area contributed by atoms with Crippen molar-refractivity contribution >= 4 is 11.6 Å². The number of halogens is 1. The highest BCUT2D eigenvalue weighted by Crippen LogP contribution is 2.29. The van der Waals surface area contributed by atoms with E-state index < -0.39 is 5.82 Å². The lowest BCUT2D eigenvalue weighted by Gasteiger charge is -2.46. The summed E-state index contributed by atoms with van der Waals surface area (Å²) in [6, 6.07) is 8.36. The Kier molecular flexibility index (Phi) is 5.77. The SMILES string of the molecule is [C-]#[N+]c1ccc([C@@H]2CN3CCN(C(=O)Cc4ccc(-n5cnnn5)nc4)C[C@H]3CO2)cc1F. The first-order chi connectivity index (χ1) is 16.1. The molecule has 2 saturated heterocycles. The van der Waals surface area contributed by atoms with E-state index in [4.69, 9.17) is 11.3 Å². The quantitative estimate of drug-likeness (QED) is 0.560. The van der Waals surface area contributed by atoms with Gasteiger partial charge < -0.3 is 9.64 Å². The summed E-state index contributed by atoms with van der Waals surface area (Å²) in [7, 11) is 0. The molecule has 2 fully saturated rings. The van der Waals surface area contributed by atoms with Gasteiger partial charge in [-0.15, -0.1) is 5.10 Å². The van der Waals surface area contributed by atoms with Crippen molar-refractivity contribution in [2.45, 2.75) is 18.6 Å². The molecule has 10 nitrogen and oxygen atoms in total. The van der Waals surface area contributed by atoms with Gasteiger partial charge in [0.1, 0.15) is 12.1 Å². The number of fused-ring (bicyclic) bond motifs is 1. The van der Waals surface area contributed by atoms with Crippen molar-refractivity contribution in [1.29, 1.82) is 0 Å². The first-order valence-corrected chi connectivity index (χ1v) is 10.6. The van der Waals surface area contributed by atoms with E-state index in [-0.39, 0.29) is 30.2 Å². The van der Waals surface area contributed by atoms with Gasteiger partial charge in [-0.05, 0) is 33.7 Å². The molecule has 168 valence electrons. The van der Waals surface area contributed by atoms with Crippen LogP contribution in [0.4, 0.5) is 10.1 Å². The molecular formula is C22H21FN8O2. The predicted molar refractivity (Wildman–Crippen MR) is 114 cm³/mol. The van der Waals surface area contributed by atoms with Gasteiger partial charge >= 0.3 is 0 Å². The average molecular weight is 448 g/mol. The van der Waals surface area contributed by atoms with Crippen LogP contribution in [0.2, 0.25) is 0 Å². The van der Waals surface area contributed by atoms with Crippen LogP contribution >= 0.6 is 0 Å². The number of carbonyl (C=O) groups excluding carboxylic acids is 1. The van der Waals surface area contributed by atoms with Gasteiger partial charge in [0.15, 0.2) is 5.82 Å². The molecule has 0 spiro atoms. The summed E-state index contributed by atoms with van der Waals surface area (Å²) in [4.78, 5) is 24.5. The zero-order chi connectivity index (χ0) is 22.8. The van der Waals surface area contributed by atoms with Gasteiger partial charge in [0.25, 0.3) is 0 Å². The highest BCUT2D eigenvalue weighted by molar-refractivity contribution is 5.79. The van der Waals surface area contributed by atoms with Crippen LogP contribution in [0.3, 0.4) is 0 Å². The predicted octanol–water partition coefficient (Wildman–Crippen LogP) is 1.57. The molecular weight excluding hydrogens is 427 g/mol. The number of nitrogens with zero attached hydrogens (tertiary/aromatic N) is 8. The number of pyridine rings is 1. The Morgan fingerprint density at radius 1 is 1.24 bits per heavy atom. The Labute approximate surface area is 189 Å². The van der Waals surface area contributed by atoms with E-state index in [2.05, 4.69) is 30.3 Å². The number of morpholine rings is 1. The first kappa shape index (κ1) is 21.1. The zero-order valence-electron chi connectivity index (χ0n) is 17.7. The van der Waals surface area contributed by atoms with E-state index in [0.29, 0.717) is 32.1 Å². The molecule has 0 unspecified atom stereocenters. The molecule has 2 aliphatic heterocycles. The van der Waals surface area contributed by atoms with Gasteiger partial charge in [-0.1, -0.05) is 18.2 Å². The Bertz CT molecular complexity index is 1180. The molecule has 0 bridgehead atoms. The molecule has 2 aromatic heterocycles. The standard InChI is InChI=1S/C22H21FN8O2/c1-24-19-4-3-16(9-18(19)23)20-12-29-6-7-30(11-17(29)13-33-20)22(32)8-15-2-5-21(25-10-15)31-14-26-27-28-31/h2-5,9-10,14,17,20H,6-8,11-13H2/t17-,20-/m0/s1. The van der Waals surface area contributed by atoms with E-state index in [0.717, 1.165) is 17.7 Å². The molecule has 0 radical (unpaired) electrons. The average Bonchev–Trinajstić information content (AvgIpc) is 3.39. The number of amides is 1. The highest BCUT2D eigenvalue weighted by atomic mass is 19.1. The Morgan fingerprint density at radius 2 is 2.15 bits per heavy atom. The fourth-order valence-corrected chi connectivity index (χ4v) is 4.24. The maximum Gasteiger partial charge on any atom is 0.227 e. The van der Waals surface area contributed by atoms with Crippen LogP contribution in [0.15, 0.2) is 42.9 Å². The maximum absolute atomic E-state index is 14.0. The third-order valence-electron chi connectivity index (χ3n) is 6.06. The second-order valence-corrected chi connectivity index (χ2v) is 8.09. The molecule has 1 amide bonds. The van der Waals surface area contributed by atoms with Crippen molar-refractivity contribution < 1.29 is 13.9 Å². The number of carbonyl (C=O) groups is 1. The summed E-state index contributed by atoms with van der Waals surface area (Å²) in [5.41, 5.74) is 1.57. The summed E-state index contributed by atoms with van der Waals surface area (Å²) >= 11 is 0. The largest absolute Gasteiger partial charge is 0.370 e. The number of benzene rings is 1. The van der Waals surface area contributed by atoms with Crippen molar-refractivity contribution in [3.05, 3.63) is 71.2 Å². The molecule has 3 aromatic rings. The van der Waals surface area contributed by atoms with Crippen LogP contribution in [0.5, 0.6) is 0 Å². The summed E-state index contributed by atoms with van der Waals surface area (Å²) in [6.07, 6.45) is 3.15. The van der Waals surface area contributed by atoms with Crippen molar-refractivity contribution in [1.82, 2.24) is 35.0 Å². The van der Waals surface area contributed by atoms with Crippen molar-refractivity contribution in [3.8, 4) is 5.82 Å². The monoisotopic (exact) mass is 448 g/mol. The van der Waals surface area contributed by atoms with E-state index in [9.17, 15) is 9.18 Å². The van der Waals surface area contributed by atoms with Gasteiger partial charge in [0, 0.05) is 32.4 Å². The van der Waals surface area contributed by atoms with Crippen molar-refractivity contribution in [2.75, 3.05) is 32.8 Å². The molecule has 4 heterocycles. The molecule has 33 heavy (non-hydrogen) atoms. The molecule has 2 aliphatic rings. The topological polar surface area (TPSA) is 93.6 Å². The van der Waals surface area contributed by atoms with E-state index in [1.54, 1.807) is 18.3 Å². The lowest BCUT2D eigenvalue weighted by molar-refractivity contribution is -0.139.